The minimum atomic E-state index is -0.504. The molecule has 1 aliphatic rings. The van der Waals surface area contributed by atoms with Crippen LogP contribution in [-0.4, -0.2) is 28.8 Å². The number of primary amides is 1. The van der Waals surface area contributed by atoms with E-state index >= 15 is 0 Å². The van der Waals surface area contributed by atoms with Crippen LogP contribution in [0.3, 0.4) is 0 Å². The van der Waals surface area contributed by atoms with Crippen molar-refractivity contribution >= 4 is 11.8 Å². The predicted octanol–water partition coefficient (Wildman–Crippen LogP) is 3.55. The minimum Gasteiger partial charge on any atom is -0.366 e. The van der Waals surface area contributed by atoms with Crippen LogP contribution in [0.4, 0.5) is 4.39 Å². The van der Waals surface area contributed by atoms with Crippen LogP contribution in [0, 0.1) is 5.82 Å². The van der Waals surface area contributed by atoms with Gasteiger partial charge < -0.3 is 10.6 Å². The van der Waals surface area contributed by atoms with Gasteiger partial charge in [0.2, 0.25) is 5.91 Å². The fraction of sp³-hybridized carbons (Fsp3) is 0.333. The highest BCUT2D eigenvalue weighted by Gasteiger charge is 2.34. The molecule has 2 atom stereocenters. The third kappa shape index (κ3) is 3.93. The number of amides is 2. The zero-order valence-electron chi connectivity index (χ0n) is 14.8. The summed E-state index contributed by atoms with van der Waals surface area (Å²) in [6.45, 7) is 2.06. The second-order valence-corrected chi connectivity index (χ2v) is 6.90. The molecule has 1 fully saturated rings. The van der Waals surface area contributed by atoms with Gasteiger partial charge in [0.1, 0.15) is 5.82 Å². The minimum absolute atomic E-state index is 0.0184. The number of carbonyl (C=O) groups excluding carboxylic acids is 2. The molecular formula is C21H23FN2O2. The second kappa shape index (κ2) is 7.68. The van der Waals surface area contributed by atoms with Gasteiger partial charge in [0.25, 0.3) is 5.91 Å². The summed E-state index contributed by atoms with van der Waals surface area (Å²) in [6.07, 6.45) is 3.59. The molecule has 136 valence electrons. The summed E-state index contributed by atoms with van der Waals surface area (Å²) in [5.74, 6) is -0.759. The topological polar surface area (TPSA) is 63.4 Å². The van der Waals surface area contributed by atoms with Gasteiger partial charge in [0.15, 0.2) is 0 Å². The van der Waals surface area contributed by atoms with Gasteiger partial charge in [-0.15, -0.1) is 0 Å². The predicted molar refractivity (Wildman–Crippen MR) is 98.3 cm³/mol. The van der Waals surface area contributed by atoms with Crippen molar-refractivity contribution in [1.29, 1.82) is 0 Å². The van der Waals surface area contributed by atoms with Gasteiger partial charge in [-0.2, -0.15) is 0 Å². The molecule has 0 spiro atoms. The van der Waals surface area contributed by atoms with Crippen LogP contribution in [-0.2, 0) is 6.42 Å². The lowest BCUT2D eigenvalue weighted by molar-refractivity contribution is 0.0672. The van der Waals surface area contributed by atoms with E-state index in [-0.39, 0.29) is 23.8 Å². The fourth-order valence-corrected chi connectivity index (χ4v) is 3.63. The Bertz CT molecular complexity index is 787. The second-order valence-electron chi connectivity index (χ2n) is 6.90. The molecule has 4 nitrogen and oxygen atoms in total. The summed E-state index contributed by atoms with van der Waals surface area (Å²) in [5.41, 5.74) is 7.28. The number of halogens is 1. The Labute approximate surface area is 152 Å². The lowest BCUT2D eigenvalue weighted by Crippen LogP contribution is -2.40. The highest BCUT2D eigenvalue weighted by atomic mass is 19.1. The molecule has 2 amide bonds. The van der Waals surface area contributed by atoms with Crippen molar-refractivity contribution in [2.24, 2.45) is 5.73 Å². The van der Waals surface area contributed by atoms with Crippen LogP contribution in [0.25, 0.3) is 0 Å². The number of hydrogen-bond acceptors (Lipinski definition) is 2. The van der Waals surface area contributed by atoms with Gasteiger partial charge in [0, 0.05) is 23.2 Å². The third-order valence-electron chi connectivity index (χ3n) is 5.12. The molecule has 2 aromatic rings. The summed E-state index contributed by atoms with van der Waals surface area (Å²) in [4.78, 5) is 26.1. The first kappa shape index (κ1) is 18.1. The van der Waals surface area contributed by atoms with Crippen LogP contribution in [0.15, 0.2) is 48.5 Å². The third-order valence-corrected chi connectivity index (χ3v) is 5.12. The average molecular weight is 354 g/mol. The highest BCUT2D eigenvalue weighted by Crippen LogP contribution is 2.29. The number of likely N-dealkylation sites (tertiary alicyclic amines) is 1. The monoisotopic (exact) mass is 354 g/mol. The van der Waals surface area contributed by atoms with E-state index in [1.807, 2.05) is 4.90 Å². The number of aryl methyl sites for hydroxylation is 1. The van der Waals surface area contributed by atoms with Crippen LogP contribution >= 0.6 is 0 Å². The Morgan fingerprint density at radius 3 is 2.27 bits per heavy atom. The zero-order chi connectivity index (χ0) is 18.7. The molecule has 0 saturated carbocycles. The van der Waals surface area contributed by atoms with E-state index in [1.165, 1.54) is 12.1 Å². The van der Waals surface area contributed by atoms with Gasteiger partial charge in [-0.05, 0) is 74.6 Å². The first-order valence-electron chi connectivity index (χ1n) is 8.92. The van der Waals surface area contributed by atoms with Crippen molar-refractivity contribution in [2.75, 3.05) is 0 Å². The molecule has 1 saturated heterocycles. The van der Waals surface area contributed by atoms with Crippen LogP contribution in [0.1, 0.15) is 52.5 Å². The van der Waals surface area contributed by atoms with E-state index in [0.29, 0.717) is 11.1 Å². The summed E-state index contributed by atoms with van der Waals surface area (Å²) < 4.78 is 13.0. The summed E-state index contributed by atoms with van der Waals surface area (Å²) in [7, 11) is 0. The number of nitrogens with zero attached hydrogens (tertiary/aromatic N) is 1. The quantitative estimate of drug-likeness (QED) is 0.892. The normalized spacial score (nSPS) is 19.5. The maximum Gasteiger partial charge on any atom is 0.254 e. The van der Waals surface area contributed by atoms with Crippen LogP contribution < -0.4 is 5.73 Å². The maximum absolute atomic E-state index is 13.0. The SMILES string of the molecule is C[C@@H]1CC[C@H](CCc2ccc(F)cc2)N1C(=O)c1ccc(C(N)=O)cc1. The molecule has 0 radical (unpaired) electrons. The van der Waals surface area contributed by atoms with E-state index in [2.05, 4.69) is 6.92 Å². The molecular weight excluding hydrogens is 331 g/mol. The molecule has 5 heteroatoms. The Hall–Kier alpha value is -2.69. The highest BCUT2D eigenvalue weighted by molar-refractivity contribution is 5.97. The Balaban J connectivity index is 1.70. The molecule has 2 N–H and O–H groups in total. The van der Waals surface area contributed by atoms with Crippen LogP contribution in [0.2, 0.25) is 0 Å². The van der Waals surface area contributed by atoms with Crippen molar-refractivity contribution in [3.63, 3.8) is 0 Å². The molecule has 2 aromatic carbocycles. The molecule has 0 unspecified atom stereocenters. The first-order valence-corrected chi connectivity index (χ1v) is 8.92. The zero-order valence-corrected chi connectivity index (χ0v) is 14.8. The number of hydrogen-bond donors (Lipinski definition) is 1. The number of carbonyl (C=O) groups is 2. The van der Waals surface area contributed by atoms with Gasteiger partial charge in [-0.3, -0.25) is 9.59 Å². The summed E-state index contributed by atoms with van der Waals surface area (Å²) in [6, 6.07) is 13.4. The molecule has 1 aliphatic heterocycles. The Morgan fingerprint density at radius 1 is 1.04 bits per heavy atom. The van der Waals surface area contributed by atoms with Gasteiger partial charge >= 0.3 is 0 Å². The summed E-state index contributed by atoms with van der Waals surface area (Å²) >= 11 is 0. The van der Waals surface area contributed by atoms with E-state index in [0.717, 1.165) is 31.2 Å². The first-order chi connectivity index (χ1) is 12.5. The number of rotatable bonds is 5. The Kier molecular flexibility index (Phi) is 5.35. The van der Waals surface area contributed by atoms with Crippen molar-refractivity contribution in [3.8, 4) is 0 Å². The molecule has 1 heterocycles. The van der Waals surface area contributed by atoms with E-state index in [4.69, 9.17) is 5.73 Å². The lowest BCUT2D eigenvalue weighted by Gasteiger charge is -2.29. The van der Waals surface area contributed by atoms with Gasteiger partial charge in [-0.25, -0.2) is 4.39 Å². The van der Waals surface area contributed by atoms with Crippen molar-refractivity contribution in [2.45, 2.75) is 44.7 Å². The van der Waals surface area contributed by atoms with E-state index < -0.39 is 5.91 Å². The molecule has 0 bridgehead atoms. The van der Waals surface area contributed by atoms with Crippen molar-refractivity contribution in [3.05, 3.63) is 71.0 Å². The summed E-state index contributed by atoms with van der Waals surface area (Å²) in [5, 5.41) is 0. The molecule has 3 rings (SSSR count). The number of benzene rings is 2. The largest absolute Gasteiger partial charge is 0.366 e. The fourth-order valence-electron chi connectivity index (χ4n) is 3.63. The maximum atomic E-state index is 13.0. The van der Waals surface area contributed by atoms with Crippen LogP contribution in [0.5, 0.6) is 0 Å². The average Bonchev–Trinajstić information content (AvgIpc) is 3.01. The molecule has 0 aromatic heterocycles. The standard InChI is InChI=1S/C21H23FN2O2/c1-14-2-12-19(13-5-15-3-10-18(22)11-4-15)24(14)21(26)17-8-6-16(7-9-17)20(23)25/h3-4,6-11,14,19H,2,5,12-13H2,1H3,(H2,23,25)/t14-,19-/m1/s1. The Morgan fingerprint density at radius 2 is 1.65 bits per heavy atom. The smallest absolute Gasteiger partial charge is 0.254 e. The van der Waals surface area contributed by atoms with E-state index in [1.54, 1.807) is 36.4 Å². The lowest BCUT2D eigenvalue weighted by atomic mass is 10.0. The van der Waals surface area contributed by atoms with Gasteiger partial charge in [-0.1, -0.05) is 12.1 Å². The number of nitrogens with two attached hydrogens (primary N) is 1. The van der Waals surface area contributed by atoms with Crippen molar-refractivity contribution < 1.29 is 14.0 Å². The van der Waals surface area contributed by atoms with E-state index in [9.17, 15) is 14.0 Å². The van der Waals surface area contributed by atoms with Crippen molar-refractivity contribution in [1.82, 2.24) is 4.90 Å². The molecule has 26 heavy (non-hydrogen) atoms. The molecule has 0 aliphatic carbocycles. The van der Waals surface area contributed by atoms with Gasteiger partial charge in [0.05, 0.1) is 0 Å².